The van der Waals surface area contributed by atoms with E-state index in [1.54, 1.807) is 10.9 Å². The van der Waals surface area contributed by atoms with Gasteiger partial charge in [0.05, 0.1) is 11.9 Å². The molecule has 0 radical (unpaired) electrons. The third-order valence-corrected chi connectivity index (χ3v) is 5.82. The number of para-hydroxylation sites is 1. The van der Waals surface area contributed by atoms with E-state index in [9.17, 15) is 14.4 Å². The fraction of sp³-hybridized carbons (Fsp3) is 0.429. The molecule has 8 heteroatoms. The average molecular weight is 395 g/mol. The summed E-state index contributed by atoms with van der Waals surface area (Å²) in [6, 6.07) is 9.19. The van der Waals surface area contributed by atoms with Crippen LogP contribution in [0.3, 0.4) is 0 Å². The average Bonchev–Trinajstić information content (AvgIpc) is 3.29. The largest absolute Gasteiger partial charge is 0.350 e. The third-order valence-electron chi connectivity index (χ3n) is 5.82. The number of amides is 4. The molecule has 152 valence electrons. The van der Waals surface area contributed by atoms with Crippen molar-refractivity contribution in [2.75, 3.05) is 6.54 Å². The van der Waals surface area contributed by atoms with Crippen molar-refractivity contribution in [1.29, 1.82) is 0 Å². The lowest BCUT2D eigenvalue weighted by molar-refractivity contribution is -0.136. The lowest BCUT2D eigenvalue weighted by Gasteiger charge is -2.33. The molecule has 1 aromatic carbocycles. The minimum atomic E-state index is -0.819. The molecule has 1 aromatic heterocycles. The Bertz CT molecular complexity index is 915. The zero-order chi connectivity index (χ0) is 20.4. The Labute approximate surface area is 169 Å². The van der Waals surface area contributed by atoms with Gasteiger partial charge >= 0.3 is 6.03 Å². The molecule has 29 heavy (non-hydrogen) atoms. The van der Waals surface area contributed by atoms with E-state index in [2.05, 4.69) is 22.7 Å². The van der Waals surface area contributed by atoms with Gasteiger partial charge in [-0.15, -0.1) is 0 Å². The van der Waals surface area contributed by atoms with Gasteiger partial charge in [0.1, 0.15) is 12.1 Å². The Balaban J connectivity index is 1.33. The second-order valence-electron chi connectivity index (χ2n) is 7.99. The van der Waals surface area contributed by atoms with Crippen molar-refractivity contribution in [2.24, 2.45) is 5.92 Å². The molecule has 0 bridgehead atoms. The maximum Gasteiger partial charge on any atom is 0.325 e. The van der Waals surface area contributed by atoms with Crippen molar-refractivity contribution in [3.63, 3.8) is 0 Å². The standard InChI is InChI=1S/C21H25N5O3/c1-15-7-9-21(10-8-15)19(28)25(20(29)24-21)14-18(27)22-11-16-12-23-26(13-16)17-5-3-2-4-6-17/h2-6,12-13,15H,7-11,14H2,1H3,(H,22,27)(H,24,29). The smallest absolute Gasteiger partial charge is 0.325 e. The van der Waals surface area contributed by atoms with Crippen molar-refractivity contribution in [3.05, 3.63) is 48.3 Å². The molecule has 4 amide bonds. The second-order valence-corrected chi connectivity index (χ2v) is 7.99. The fourth-order valence-corrected chi connectivity index (χ4v) is 3.99. The van der Waals surface area contributed by atoms with Gasteiger partial charge in [-0.2, -0.15) is 5.10 Å². The molecule has 1 aliphatic carbocycles. The molecule has 2 heterocycles. The van der Waals surface area contributed by atoms with Crippen LogP contribution in [0.2, 0.25) is 0 Å². The molecule has 2 aromatic rings. The van der Waals surface area contributed by atoms with Gasteiger partial charge in [0.15, 0.2) is 0 Å². The van der Waals surface area contributed by atoms with Crippen LogP contribution in [0.25, 0.3) is 5.69 Å². The lowest BCUT2D eigenvalue weighted by atomic mass is 9.77. The molecule has 1 spiro atoms. The highest BCUT2D eigenvalue weighted by Crippen LogP contribution is 2.36. The number of imide groups is 1. The normalized spacial score (nSPS) is 24.0. The summed E-state index contributed by atoms with van der Waals surface area (Å²) in [6.07, 6.45) is 6.58. The number of benzene rings is 1. The van der Waals surface area contributed by atoms with E-state index in [0.29, 0.717) is 18.8 Å². The highest BCUT2D eigenvalue weighted by Gasteiger charge is 2.52. The van der Waals surface area contributed by atoms with Gasteiger partial charge in [-0.3, -0.25) is 14.5 Å². The number of carbonyl (C=O) groups is 3. The van der Waals surface area contributed by atoms with Gasteiger partial charge in [0.2, 0.25) is 5.91 Å². The van der Waals surface area contributed by atoms with Crippen LogP contribution in [-0.2, 0) is 16.1 Å². The lowest BCUT2D eigenvalue weighted by Crippen LogP contribution is -2.49. The minimum absolute atomic E-state index is 0.269. The van der Waals surface area contributed by atoms with E-state index < -0.39 is 11.6 Å². The van der Waals surface area contributed by atoms with Crippen LogP contribution >= 0.6 is 0 Å². The Hall–Kier alpha value is -3.16. The van der Waals surface area contributed by atoms with Gasteiger partial charge in [0, 0.05) is 18.3 Å². The maximum absolute atomic E-state index is 12.8. The highest BCUT2D eigenvalue weighted by atomic mass is 16.2. The van der Waals surface area contributed by atoms with Crippen molar-refractivity contribution < 1.29 is 14.4 Å². The van der Waals surface area contributed by atoms with E-state index in [4.69, 9.17) is 0 Å². The Kier molecular flexibility index (Phi) is 5.08. The van der Waals surface area contributed by atoms with Gasteiger partial charge in [0.25, 0.3) is 5.91 Å². The summed E-state index contributed by atoms with van der Waals surface area (Å²) in [4.78, 5) is 38.5. The maximum atomic E-state index is 12.8. The Morgan fingerprint density at radius 2 is 1.97 bits per heavy atom. The van der Waals surface area contributed by atoms with Crippen LogP contribution in [-0.4, -0.2) is 44.6 Å². The molecule has 2 N–H and O–H groups in total. The van der Waals surface area contributed by atoms with Crippen LogP contribution in [0.5, 0.6) is 0 Å². The number of hydrogen-bond acceptors (Lipinski definition) is 4. The number of carbonyl (C=O) groups excluding carboxylic acids is 3. The molecule has 0 atom stereocenters. The predicted octanol–water partition coefficient (Wildman–Crippen LogP) is 1.99. The first kappa shape index (κ1) is 19.2. The summed E-state index contributed by atoms with van der Waals surface area (Å²) in [5, 5.41) is 9.89. The van der Waals surface area contributed by atoms with Crippen molar-refractivity contribution in [2.45, 2.75) is 44.7 Å². The first-order valence-electron chi connectivity index (χ1n) is 9.97. The number of hydrogen-bond donors (Lipinski definition) is 2. The van der Waals surface area contributed by atoms with Gasteiger partial charge in [-0.1, -0.05) is 25.1 Å². The van der Waals surface area contributed by atoms with E-state index in [1.807, 2.05) is 36.5 Å². The van der Waals surface area contributed by atoms with Gasteiger partial charge in [-0.05, 0) is 43.7 Å². The first-order chi connectivity index (χ1) is 14.0. The fourth-order valence-electron chi connectivity index (χ4n) is 3.99. The van der Waals surface area contributed by atoms with E-state index in [1.165, 1.54) is 0 Å². The second kappa shape index (κ2) is 7.69. The molecule has 8 nitrogen and oxygen atoms in total. The Morgan fingerprint density at radius 1 is 1.24 bits per heavy atom. The van der Waals surface area contributed by atoms with Crippen LogP contribution in [0, 0.1) is 5.92 Å². The SMILES string of the molecule is CC1CCC2(CC1)NC(=O)N(CC(=O)NCc1cnn(-c3ccccc3)c1)C2=O. The van der Waals surface area contributed by atoms with Gasteiger partial charge < -0.3 is 10.6 Å². The molecule has 4 rings (SSSR count). The summed E-state index contributed by atoms with van der Waals surface area (Å²) in [5.74, 6) is -0.0943. The van der Waals surface area contributed by atoms with Crippen LogP contribution in [0.1, 0.15) is 38.2 Å². The molecule has 2 fully saturated rings. The molecular weight excluding hydrogens is 370 g/mol. The number of aromatic nitrogens is 2. The molecule has 2 aliphatic rings. The summed E-state index contributed by atoms with van der Waals surface area (Å²) in [5.41, 5.74) is 0.939. The van der Waals surface area contributed by atoms with Gasteiger partial charge in [-0.25, -0.2) is 9.48 Å². The highest BCUT2D eigenvalue weighted by molar-refractivity contribution is 6.09. The summed E-state index contributed by atoms with van der Waals surface area (Å²) < 4.78 is 1.73. The number of nitrogens with zero attached hydrogens (tertiary/aromatic N) is 3. The minimum Gasteiger partial charge on any atom is -0.350 e. The van der Waals surface area contributed by atoms with Crippen molar-refractivity contribution in [3.8, 4) is 5.69 Å². The van der Waals surface area contributed by atoms with E-state index in [0.717, 1.165) is 29.0 Å². The quantitative estimate of drug-likeness (QED) is 0.757. The van der Waals surface area contributed by atoms with Crippen molar-refractivity contribution in [1.82, 2.24) is 25.3 Å². The number of nitrogens with one attached hydrogen (secondary N) is 2. The molecule has 0 unspecified atom stereocenters. The summed E-state index contributed by atoms with van der Waals surface area (Å²) in [6.45, 7) is 2.16. The van der Waals surface area contributed by atoms with Crippen LogP contribution in [0.4, 0.5) is 4.79 Å². The molecule has 1 saturated carbocycles. The molecule has 1 saturated heterocycles. The summed E-state index contributed by atoms with van der Waals surface area (Å²) in [7, 11) is 0. The van der Waals surface area contributed by atoms with Crippen LogP contribution < -0.4 is 10.6 Å². The summed E-state index contributed by atoms with van der Waals surface area (Å²) >= 11 is 0. The molecule has 1 aliphatic heterocycles. The molecular formula is C21H25N5O3. The number of urea groups is 1. The predicted molar refractivity (Wildman–Crippen MR) is 106 cm³/mol. The van der Waals surface area contributed by atoms with Crippen molar-refractivity contribution >= 4 is 17.8 Å². The zero-order valence-corrected chi connectivity index (χ0v) is 16.4. The van der Waals surface area contributed by atoms with Crippen LogP contribution in [0.15, 0.2) is 42.7 Å². The first-order valence-corrected chi connectivity index (χ1v) is 9.97. The topological polar surface area (TPSA) is 96.3 Å². The number of rotatable bonds is 5. The monoisotopic (exact) mass is 395 g/mol. The third kappa shape index (κ3) is 3.87. The Morgan fingerprint density at radius 3 is 2.69 bits per heavy atom. The van der Waals surface area contributed by atoms with E-state index in [-0.39, 0.29) is 24.9 Å². The zero-order valence-electron chi connectivity index (χ0n) is 16.4. The van der Waals surface area contributed by atoms with E-state index >= 15 is 0 Å².